The van der Waals surface area contributed by atoms with E-state index in [9.17, 15) is 8.78 Å². The first-order valence-electron chi connectivity index (χ1n) is 6.26. The zero-order chi connectivity index (χ0) is 15.2. The largest absolute Gasteiger partial charge is 0.374 e. The van der Waals surface area contributed by atoms with Gasteiger partial charge in [-0.3, -0.25) is 0 Å². The molecule has 0 aliphatic rings. The van der Waals surface area contributed by atoms with Crippen LogP contribution in [0.3, 0.4) is 0 Å². The average molecular weight is 295 g/mol. The second-order valence-corrected chi connectivity index (χ2v) is 4.09. The molecule has 0 unspecified atom stereocenters. The number of nitrogens with one attached hydrogen (secondary N) is 2. The van der Waals surface area contributed by atoms with Crippen molar-refractivity contribution in [3.8, 4) is 0 Å². The van der Waals surface area contributed by atoms with E-state index in [0.29, 0.717) is 24.1 Å². The fraction of sp³-hybridized carbons (Fsp3) is 0.231. The van der Waals surface area contributed by atoms with E-state index < -0.39 is 11.6 Å². The monoisotopic (exact) mass is 295 g/mol. The summed E-state index contributed by atoms with van der Waals surface area (Å²) >= 11 is 0. The Balaban J connectivity index is 2.25. The summed E-state index contributed by atoms with van der Waals surface area (Å²) in [5.74, 6) is 5.01. The molecule has 0 atom stereocenters. The molecular weight excluding hydrogens is 280 g/mol. The summed E-state index contributed by atoms with van der Waals surface area (Å²) in [5, 5.41) is 2.75. The number of anilines is 3. The van der Waals surface area contributed by atoms with E-state index in [-0.39, 0.29) is 12.3 Å². The van der Waals surface area contributed by atoms with E-state index in [0.717, 1.165) is 12.1 Å². The van der Waals surface area contributed by atoms with Crippen molar-refractivity contribution in [1.29, 1.82) is 0 Å². The Labute approximate surface area is 120 Å². The molecule has 4 N–H and O–H groups in total. The second kappa shape index (κ2) is 6.91. The fourth-order valence-corrected chi connectivity index (χ4v) is 1.62. The lowest BCUT2D eigenvalue weighted by Crippen LogP contribution is -2.12. The number of halogens is 2. The Hall–Kier alpha value is -2.32. The molecule has 0 amide bonds. The van der Waals surface area contributed by atoms with Crippen molar-refractivity contribution in [2.75, 3.05) is 17.3 Å². The lowest BCUT2D eigenvalue weighted by molar-refractivity contribution is 0.128. The van der Waals surface area contributed by atoms with Gasteiger partial charge in [-0.1, -0.05) is 0 Å². The topological polar surface area (TPSA) is 85.1 Å². The van der Waals surface area contributed by atoms with E-state index in [1.54, 1.807) is 0 Å². The molecule has 0 aliphatic heterocycles. The van der Waals surface area contributed by atoms with E-state index in [2.05, 4.69) is 20.7 Å². The van der Waals surface area contributed by atoms with Gasteiger partial charge in [0, 0.05) is 18.7 Å². The Bertz CT molecular complexity index is 624. The van der Waals surface area contributed by atoms with E-state index >= 15 is 0 Å². The highest BCUT2D eigenvalue weighted by Crippen LogP contribution is 2.21. The predicted octanol–water partition coefficient (Wildman–Crippen LogP) is 2.32. The number of benzene rings is 1. The van der Waals surface area contributed by atoms with Crippen molar-refractivity contribution in [2.24, 2.45) is 5.84 Å². The van der Waals surface area contributed by atoms with Crippen molar-refractivity contribution in [3.63, 3.8) is 0 Å². The highest BCUT2D eigenvalue weighted by Gasteiger charge is 2.08. The number of hydrogen-bond acceptors (Lipinski definition) is 6. The minimum absolute atomic E-state index is 0.0976. The number of nitrogen functional groups attached to an aromatic ring is 1. The first-order chi connectivity index (χ1) is 10.1. The van der Waals surface area contributed by atoms with Crippen LogP contribution in [0.1, 0.15) is 12.7 Å². The third-order valence-corrected chi connectivity index (χ3v) is 2.55. The quantitative estimate of drug-likeness (QED) is 0.560. The van der Waals surface area contributed by atoms with Gasteiger partial charge in [0.25, 0.3) is 0 Å². The van der Waals surface area contributed by atoms with Gasteiger partial charge >= 0.3 is 0 Å². The van der Waals surface area contributed by atoms with Gasteiger partial charge in [0.05, 0.1) is 5.69 Å². The SMILES string of the molecule is CCOCc1nc(NN)cc(Nc2ccc(F)cc2F)n1. The normalized spacial score (nSPS) is 10.5. The van der Waals surface area contributed by atoms with Gasteiger partial charge < -0.3 is 15.5 Å². The Morgan fingerprint density at radius 1 is 1.19 bits per heavy atom. The summed E-state index contributed by atoms with van der Waals surface area (Å²) in [5.41, 5.74) is 2.49. The maximum atomic E-state index is 13.6. The molecule has 1 aromatic carbocycles. The number of nitrogens with zero attached hydrogens (tertiary/aromatic N) is 2. The summed E-state index contributed by atoms with van der Waals surface area (Å²) in [6, 6.07) is 4.71. The van der Waals surface area contributed by atoms with Crippen LogP contribution in [0.4, 0.5) is 26.1 Å². The molecule has 1 aromatic heterocycles. The molecule has 0 saturated carbocycles. The molecule has 0 spiro atoms. The molecular formula is C13H15F2N5O. The van der Waals surface area contributed by atoms with Crippen LogP contribution in [0, 0.1) is 11.6 Å². The average Bonchev–Trinajstić information content (AvgIpc) is 2.48. The van der Waals surface area contributed by atoms with Gasteiger partial charge in [-0.15, -0.1) is 0 Å². The molecule has 0 bridgehead atoms. The predicted molar refractivity (Wildman–Crippen MR) is 74.8 cm³/mol. The maximum Gasteiger partial charge on any atom is 0.158 e. The number of hydrazine groups is 1. The third-order valence-electron chi connectivity index (χ3n) is 2.55. The Kier molecular flexibility index (Phi) is 4.96. The molecule has 8 heteroatoms. The summed E-state index contributed by atoms with van der Waals surface area (Å²) in [7, 11) is 0. The molecule has 0 fully saturated rings. The van der Waals surface area contributed by atoms with Gasteiger partial charge in [-0.05, 0) is 19.1 Å². The molecule has 0 saturated heterocycles. The van der Waals surface area contributed by atoms with Crippen LogP contribution in [-0.2, 0) is 11.3 Å². The second-order valence-electron chi connectivity index (χ2n) is 4.09. The van der Waals surface area contributed by atoms with Crippen LogP contribution in [0.15, 0.2) is 24.3 Å². The summed E-state index contributed by atoms with van der Waals surface area (Å²) < 4.78 is 31.7. The highest BCUT2D eigenvalue weighted by atomic mass is 19.1. The number of nitrogens with two attached hydrogens (primary N) is 1. The highest BCUT2D eigenvalue weighted by molar-refractivity contribution is 5.59. The van der Waals surface area contributed by atoms with E-state index in [1.165, 1.54) is 12.1 Å². The molecule has 112 valence electrons. The van der Waals surface area contributed by atoms with Crippen molar-refractivity contribution in [1.82, 2.24) is 9.97 Å². The third kappa shape index (κ3) is 4.07. The van der Waals surface area contributed by atoms with Gasteiger partial charge in [-0.2, -0.15) is 0 Å². The molecule has 6 nitrogen and oxygen atoms in total. The number of rotatable bonds is 6. The number of ether oxygens (including phenoxy) is 1. The first kappa shape index (κ1) is 15.1. The van der Waals surface area contributed by atoms with Crippen LogP contribution in [0.5, 0.6) is 0 Å². The molecule has 0 aliphatic carbocycles. The van der Waals surface area contributed by atoms with Crippen LogP contribution >= 0.6 is 0 Å². The number of aromatic nitrogens is 2. The van der Waals surface area contributed by atoms with E-state index in [1.807, 2.05) is 6.92 Å². The molecule has 2 aromatic rings. The minimum Gasteiger partial charge on any atom is -0.374 e. The molecule has 1 heterocycles. The summed E-state index contributed by atoms with van der Waals surface area (Å²) in [4.78, 5) is 8.28. The Morgan fingerprint density at radius 2 is 1.95 bits per heavy atom. The number of hydrogen-bond donors (Lipinski definition) is 3. The van der Waals surface area contributed by atoms with Crippen molar-refractivity contribution < 1.29 is 13.5 Å². The summed E-state index contributed by atoms with van der Waals surface area (Å²) in [6.45, 7) is 2.56. The first-order valence-corrected chi connectivity index (χ1v) is 6.26. The minimum atomic E-state index is -0.720. The van der Waals surface area contributed by atoms with Crippen LogP contribution in [-0.4, -0.2) is 16.6 Å². The van der Waals surface area contributed by atoms with Gasteiger partial charge in [0.2, 0.25) is 0 Å². The van der Waals surface area contributed by atoms with Crippen LogP contribution in [0.25, 0.3) is 0 Å². The lowest BCUT2D eigenvalue weighted by atomic mass is 10.3. The molecule has 21 heavy (non-hydrogen) atoms. The maximum absolute atomic E-state index is 13.6. The zero-order valence-electron chi connectivity index (χ0n) is 11.4. The van der Waals surface area contributed by atoms with Crippen molar-refractivity contribution in [2.45, 2.75) is 13.5 Å². The van der Waals surface area contributed by atoms with E-state index in [4.69, 9.17) is 10.6 Å². The van der Waals surface area contributed by atoms with Gasteiger partial charge in [-0.25, -0.2) is 24.6 Å². The van der Waals surface area contributed by atoms with Crippen molar-refractivity contribution >= 4 is 17.3 Å². The van der Waals surface area contributed by atoms with Crippen LogP contribution in [0.2, 0.25) is 0 Å². The smallest absolute Gasteiger partial charge is 0.158 e. The zero-order valence-corrected chi connectivity index (χ0v) is 11.4. The summed E-state index contributed by atoms with van der Waals surface area (Å²) in [6.07, 6.45) is 0. The molecule has 2 rings (SSSR count). The standard InChI is InChI=1S/C13H15F2N5O/c1-2-21-7-13-18-11(6-12(19-13)20-16)17-10-4-3-8(14)5-9(10)15/h3-6H,2,7,16H2,1H3,(H2,17,18,19,20). The van der Waals surface area contributed by atoms with Crippen molar-refractivity contribution in [3.05, 3.63) is 41.7 Å². The molecule has 0 radical (unpaired) electrons. The Morgan fingerprint density at radius 3 is 2.62 bits per heavy atom. The van der Waals surface area contributed by atoms with Gasteiger partial charge in [0.15, 0.2) is 5.82 Å². The fourth-order valence-electron chi connectivity index (χ4n) is 1.62. The lowest BCUT2D eigenvalue weighted by Gasteiger charge is -2.10. The van der Waals surface area contributed by atoms with Gasteiger partial charge in [0.1, 0.15) is 29.9 Å². The van der Waals surface area contributed by atoms with Crippen LogP contribution < -0.4 is 16.6 Å².